The van der Waals surface area contributed by atoms with E-state index in [0.717, 1.165) is 0 Å². The molecule has 4 N–H and O–H groups in total. The minimum absolute atomic E-state index is 0.00834. The molecular formula is C14H17N5O2. The third-order valence-electron chi connectivity index (χ3n) is 2.95. The molecule has 1 atom stereocenters. The first-order valence-electron chi connectivity index (χ1n) is 6.46. The van der Waals surface area contributed by atoms with Crippen LogP contribution in [0, 0.1) is 0 Å². The van der Waals surface area contributed by atoms with E-state index in [1.807, 2.05) is 19.2 Å². The highest BCUT2D eigenvalue weighted by molar-refractivity contribution is 5.99. The largest absolute Gasteiger partial charge is 0.409 e. The van der Waals surface area contributed by atoms with Gasteiger partial charge in [-0.15, -0.1) is 0 Å². The Bertz CT molecular complexity index is 619. The second-order valence-corrected chi connectivity index (χ2v) is 4.67. The fraction of sp³-hybridized carbons (Fsp3) is 0.214. The number of benzene rings is 1. The Balaban J connectivity index is 1.96. The lowest BCUT2D eigenvalue weighted by atomic mass is 10.1. The molecule has 0 saturated heterocycles. The number of oxime groups is 1. The summed E-state index contributed by atoms with van der Waals surface area (Å²) in [6.45, 7) is 2.51. The summed E-state index contributed by atoms with van der Waals surface area (Å²) in [7, 11) is 0. The molecule has 2 rings (SSSR count). The molecule has 110 valence electrons. The van der Waals surface area contributed by atoms with Crippen LogP contribution >= 0.6 is 0 Å². The molecule has 0 aliphatic carbocycles. The summed E-state index contributed by atoms with van der Waals surface area (Å²) < 4.78 is 1.76. The van der Waals surface area contributed by atoms with Crippen LogP contribution in [0.4, 0.5) is 0 Å². The van der Waals surface area contributed by atoms with E-state index in [2.05, 4.69) is 15.6 Å². The van der Waals surface area contributed by atoms with Crippen molar-refractivity contribution in [1.29, 1.82) is 0 Å². The van der Waals surface area contributed by atoms with Crippen molar-refractivity contribution in [3.8, 4) is 0 Å². The molecule has 2 aromatic rings. The van der Waals surface area contributed by atoms with Gasteiger partial charge in [0.05, 0.1) is 6.54 Å². The van der Waals surface area contributed by atoms with Gasteiger partial charge in [0.1, 0.15) is 0 Å². The third kappa shape index (κ3) is 3.82. The maximum absolute atomic E-state index is 12.1. The standard InChI is InChI=1S/C14H17N5O2/c1-10(9-19-8-2-7-16-19)17-14(20)12-5-3-11(4-6-12)13(15)18-21/h2-8,10,21H,9H2,1H3,(H2,15,18)(H,17,20). The lowest BCUT2D eigenvalue weighted by Crippen LogP contribution is -2.35. The molecular weight excluding hydrogens is 270 g/mol. The first-order chi connectivity index (χ1) is 10.1. The van der Waals surface area contributed by atoms with Crippen molar-refractivity contribution in [3.63, 3.8) is 0 Å². The summed E-state index contributed by atoms with van der Waals surface area (Å²) in [5.41, 5.74) is 6.53. The zero-order valence-corrected chi connectivity index (χ0v) is 11.6. The average molecular weight is 287 g/mol. The molecule has 1 amide bonds. The van der Waals surface area contributed by atoms with Crippen LogP contribution in [0.2, 0.25) is 0 Å². The van der Waals surface area contributed by atoms with Gasteiger partial charge in [-0.05, 0) is 25.1 Å². The van der Waals surface area contributed by atoms with Crippen LogP contribution in [0.3, 0.4) is 0 Å². The zero-order valence-electron chi connectivity index (χ0n) is 11.6. The second kappa shape index (κ2) is 6.56. The molecule has 0 bridgehead atoms. The summed E-state index contributed by atoms with van der Waals surface area (Å²) in [5, 5.41) is 18.5. The Morgan fingerprint density at radius 1 is 1.43 bits per heavy atom. The van der Waals surface area contributed by atoms with Crippen molar-refractivity contribution in [2.24, 2.45) is 10.9 Å². The lowest BCUT2D eigenvalue weighted by Gasteiger charge is -2.14. The van der Waals surface area contributed by atoms with Gasteiger partial charge in [-0.25, -0.2) is 0 Å². The second-order valence-electron chi connectivity index (χ2n) is 4.67. The van der Waals surface area contributed by atoms with E-state index in [9.17, 15) is 4.79 Å². The van der Waals surface area contributed by atoms with Crippen LogP contribution < -0.4 is 11.1 Å². The van der Waals surface area contributed by atoms with E-state index in [-0.39, 0.29) is 17.8 Å². The fourth-order valence-electron chi connectivity index (χ4n) is 1.89. The van der Waals surface area contributed by atoms with Gasteiger partial charge in [0.25, 0.3) is 5.91 Å². The van der Waals surface area contributed by atoms with Crippen molar-refractivity contribution < 1.29 is 10.0 Å². The number of amidine groups is 1. The van der Waals surface area contributed by atoms with Gasteiger partial charge in [0.2, 0.25) is 0 Å². The Morgan fingerprint density at radius 2 is 2.10 bits per heavy atom. The van der Waals surface area contributed by atoms with E-state index >= 15 is 0 Å². The maximum atomic E-state index is 12.1. The Morgan fingerprint density at radius 3 is 2.67 bits per heavy atom. The van der Waals surface area contributed by atoms with Gasteiger partial charge in [0.15, 0.2) is 5.84 Å². The van der Waals surface area contributed by atoms with Crippen molar-refractivity contribution in [2.75, 3.05) is 0 Å². The van der Waals surface area contributed by atoms with E-state index in [4.69, 9.17) is 10.9 Å². The molecule has 0 radical (unpaired) electrons. The highest BCUT2D eigenvalue weighted by Gasteiger charge is 2.10. The van der Waals surface area contributed by atoms with Crippen molar-refractivity contribution >= 4 is 11.7 Å². The number of hydrogen-bond acceptors (Lipinski definition) is 4. The minimum Gasteiger partial charge on any atom is -0.409 e. The molecule has 0 aliphatic heterocycles. The van der Waals surface area contributed by atoms with E-state index in [0.29, 0.717) is 17.7 Å². The number of aromatic nitrogens is 2. The number of rotatable bonds is 5. The predicted molar refractivity (Wildman–Crippen MR) is 78.1 cm³/mol. The van der Waals surface area contributed by atoms with Crippen LogP contribution in [0.1, 0.15) is 22.8 Å². The third-order valence-corrected chi connectivity index (χ3v) is 2.95. The molecule has 0 spiro atoms. The average Bonchev–Trinajstić information content (AvgIpc) is 2.99. The number of amides is 1. The molecule has 0 fully saturated rings. The number of carbonyl (C=O) groups excluding carboxylic acids is 1. The summed E-state index contributed by atoms with van der Waals surface area (Å²) in [4.78, 5) is 12.1. The molecule has 1 aromatic carbocycles. The molecule has 0 saturated carbocycles. The molecule has 1 aromatic heterocycles. The molecule has 1 unspecified atom stereocenters. The topological polar surface area (TPSA) is 106 Å². The Labute approximate surface area is 122 Å². The molecule has 1 heterocycles. The quantitative estimate of drug-likeness (QED) is 0.327. The monoisotopic (exact) mass is 287 g/mol. The fourth-order valence-corrected chi connectivity index (χ4v) is 1.89. The van der Waals surface area contributed by atoms with Crippen molar-refractivity contribution in [1.82, 2.24) is 15.1 Å². The highest BCUT2D eigenvalue weighted by atomic mass is 16.4. The van der Waals surface area contributed by atoms with E-state index < -0.39 is 0 Å². The van der Waals surface area contributed by atoms with Gasteiger partial charge in [-0.1, -0.05) is 17.3 Å². The Hall–Kier alpha value is -2.83. The van der Waals surface area contributed by atoms with Crippen LogP contribution in [-0.4, -0.2) is 32.8 Å². The highest BCUT2D eigenvalue weighted by Crippen LogP contribution is 2.05. The maximum Gasteiger partial charge on any atom is 0.251 e. The first kappa shape index (κ1) is 14.6. The smallest absolute Gasteiger partial charge is 0.251 e. The SMILES string of the molecule is CC(Cn1cccn1)NC(=O)c1ccc(C(N)=NO)cc1. The number of nitrogens with two attached hydrogens (primary N) is 1. The molecule has 7 nitrogen and oxygen atoms in total. The predicted octanol–water partition coefficient (Wildman–Crippen LogP) is 0.796. The molecule has 7 heteroatoms. The van der Waals surface area contributed by atoms with E-state index in [1.165, 1.54) is 0 Å². The molecule has 0 aliphatic rings. The summed E-state index contributed by atoms with van der Waals surface area (Å²) in [6.07, 6.45) is 3.54. The van der Waals surface area contributed by atoms with Gasteiger partial charge in [-0.3, -0.25) is 9.48 Å². The lowest BCUT2D eigenvalue weighted by molar-refractivity contribution is 0.0936. The number of hydrogen-bond donors (Lipinski definition) is 3. The van der Waals surface area contributed by atoms with Crippen molar-refractivity contribution in [3.05, 3.63) is 53.9 Å². The Kier molecular flexibility index (Phi) is 4.55. The van der Waals surface area contributed by atoms with Crippen LogP contribution in [0.15, 0.2) is 47.9 Å². The first-order valence-corrected chi connectivity index (χ1v) is 6.46. The molecule has 21 heavy (non-hydrogen) atoms. The van der Waals surface area contributed by atoms with Gasteiger partial charge in [0, 0.05) is 29.6 Å². The van der Waals surface area contributed by atoms with Gasteiger partial charge >= 0.3 is 0 Å². The normalized spacial score (nSPS) is 12.9. The number of carbonyl (C=O) groups is 1. The van der Waals surface area contributed by atoms with Gasteiger partial charge < -0.3 is 16.3 Å². The minimum atomic E-state index is -0.180. The number of nitrogens with zero attached hydrogens (tertiary/aromatic N) is 3. The van der Waals surface area contributed by atoms with Crippen LogP contribution in [-0.2, 0) is 6.54 Å². The van der Waals surface area contributed by atoms with Crippen molar-refractivity contribution in [2.45, 2.75) is 19.5 Å². The van der Waals surface area contributed by atoms with Crippen LogP contribution in [0.5, 0.6) is 0 Å². The number of nitrogens with one attached hydrogen (secondary N) is 1. The summed E-state index contributed by atoms with van der Waals surface area (Å²) in [6, 6.07) is 8.29. The summed E-state index contributed by atoms with van der Waals surface area (Å²) in [5.74, 6) is -0.172. The summed E-state index contributed by atoms with van der Waals surface area (Å²) >= 11 is 0. The van der Waals surface area contributed by atoms with Gasteiger partial charge in [-0.2, -0.15) is 5.10 Å². The van der Waals surface area contributed by atoms with E-state index in [1.54, 1.807) is 35.1 Å². The van der Waals surface area contributed by atoms with Crippen LogP contribution in [0.25, 0.3) is 0 Å². The zero-order chi connectivity index (χ0) is 15.2.